The van der Waals surface area contributed by atoms with Crippen molar-refractivity contribution in [2.45, 2.75) is 108 Å². The van der Waals surface area contributed by atoms with Crippen molar-refractivity contribution < 1.29 is 52.4 Å². The molecule has 2 N–H and O–H groups in total. The van der Waals surface area contributed by atoms with Crippen LogP contribution in [0.4, 0.5) is 10.1 Å². The molecule has 3 saturated carbocycles. The van der Waals surface area contributed by atoms with E-state index < -0.39 is 82.3 Å². The van der Waals surface area contributed by atoms with Gasteiger partial charge in [-0.15, -0.1) is 0 Å². The molecule has 2 aromatic carbocycles. The molecule has 2 unspecified atom stereocenters. The van der Waals surface area contributed by atoms with Gasteiger partial charge in [0.2, 0.25) is 11.7 Å². The number of hydrogen-bond donors (Lipinski definition) is 2. The summed E-state index contributed by atoms with van der Waals surface area (Å²) in [4.78, 5) is 71.7. The standard InChI is InChI=1S/C48H54FN3O10/c1-44(2)61-39-23-36-35-14-12-32-22-34(53)17-19-45(32,3)47(35,49)37(54)24-46(36,4)48(39,62-44)38(55)27-60-41(57)16-15-40(56)59-26-28-7-9-29(10-8-28)42(52(5)6)43(58)51-33-13-11-31-25-50-20-18-30(31)21-33/h7-11,13,17-22,25,35-37,39,42,54H,12,14-16,23-24,26-27H2,1-6H3,(H,51,58)/t35-,36-,37-,39+,42+,45?,46?,47-,48+/m0/s1. The molecule has 62 heavy (non-hydrogen) atoms. The van der Waals surface area contributed by atoms with E-state index in [9.17, 15) is 29.1 Å². The molecule has 1 amide bonds. The zero-order valence-electron chi connectivity index (χ0n) is 35.9. The monoisotopic (exact) mass is 851 g/mol. The summed E-state index contributed by atoms with van der Waals surface area (Å²) in [5.74, 6) is -4.69. The summed E-state index contributed by atoms with van der Waals surface area (Å²) < 4.78 is 41.5. The number of nitrogens with one attached hydrogen (secondary N) is 1. The molecule has 1 aliphatic heterocycles. The van der Waals surface area contributed by atoms with Crippen LogP contribution in [-0.4, -0.2) is 94.4 Å². The average molecular weight is 852 g/mol. The zero-order valence-corrected chi connectivity index (χ0v) is 35.9. The Morgan fingerprint density at radius 2 is 1.71 bits per heavy atom. The Morgan fingerprint density at radius 1 is 0.984 bits per heavy atom. The maximum Gasteiger partial charge on any atom is 0.306 e. The van der Waals surface area contributed by atoms with Gasteiger partial charge < -0.3 is 29.4 Å². The third-order valence-corrected chi connectivity index (χ3v) is 14.3. The van der Waals surface area contributed by atoms with E-state index in [-0.39, 0.29) is 37.6 Å². The number of hydrogen-bond acceptors (Lipinski definition) is 12. The van der Waals surface area contributed by atoms with Gasteiger partial charge in [0, 0.05) is 40.2 Å². The number of esters is 2. The van der Waals surface area contributed by atoms with Crippen LogP contribution in [0.1, 0.15) is 83.4 Å². The highest BCUT2D eigenvalue weighted by Crippen LogP contribution is 2.72. The predicted octanol–water partition coefficient (Wildman–Crippen LogP) is 6.28. The number of ketones is 2. The number of aliphatic hydroxyl groups excluding tert-OH is 1. The van der Waals surface area contributed by atoms with Crippen molar-refractivity contribution >= 4 is 45.9 Å². The Hall–Kier alpha value is -5.15. The van der Waals surface area contributed by atoms with Crippen LogP contribution in [0.25, 0.3) is 10.8 Å². The van der Waals surface area contributed by atoms with E-state index in [4.69, 9.17) is 18.9 Å². The number of fused-ring (bicyclic) bond motifs is 8. The molecular weight excluding hydrogens is 798 g/mol. The molecule has 14 heteroatoms. The number of ether oxygens (including phenoxy) is 4. The maximum atomic E-state index is 17.7. The smallest absolute Gasteiger partial charge is 0.306 e. The van der Waals surface area contributed by atoms with Gasteiger partial charge in [0.15, 0.2) is 29.4 Å². The van der Waals surface area contributed by atoms with Gasteiger partial charge in [-0.25, -0.2) is 4.39 Å². The Kier molecular flexibility index (Phi) is 11.1. The van der Waals surface area contributed by atoms with Gasteiger partial charge in [-0.3, -0.25) is 33.9 Å². The number of likely N-dealkylation sites (N-methyl/N-ethyl adjacent to an activating group) is 1. The number of carbonyl (C=O) groups is 5. The summed E-state index contributed by atoms with van der Waals surface area (Å²) in [5.41, 5.74) is -3.30. The third-order valence-electron chi connectivity index (χ3n) is 14.3. The lowest BCUT2D eigenvalue weighted by Crippen LogP contribution is -2.70. The van der Waals surface area contributed by atoms with E-state index >= 15 is 4.39 Å². The van der Waals surface area contributed by atoms with E-state index in [1.54, 1.807) is 68.4 Å². The van der Waals surface area contributed by atoms with Crippen molar-refractivity contribution in [2.24, 2.45) is 22.7 Å². The van der Waals surface area contributed by atoms with Gasteiger partial charge in [0.05, 0.1) is 25.0 Å². The first-order chi connectivity index (χ1) is 29.3. The van der Waals surface area contributed by atoms with Crippen LogP contribution in [0.15, 0.2) is 84.7 Å². The molecule has 13 nitrogen and oxygen atoms in total. The number of aromatic nitrogens is 1. The number of anilines is 1. The van der Waals surface area contributed by atoms with Crippen LogP contribution in [-0.2, 0) is 49.5 Å². The number of halogens is 1. The highest BCUT2D eigenvalue weighted by Gasteiger charge is 2.80. The molecule has 0 radical (unpaired) electrons. The second kappa shape index (κ2) is 15.9. The minimum absolute atomic E-state index is 0.0631. The number of pyridine rings is 1. The number of Topliss-reactive ketones (excluding diaryl/α,β-unsaturated/α-hetero) is 1. The van der Waals surface area contributed by atoms with E-state index in [0.717, 1.165) is 16.3 Å². The number of rotatable bonds is 12. The van der Waals surface area contributed by atoms with E-state index in [0.29, 0.717) is 36.1 Å². The van der Waals surface area contributed by atoms with Gasteiger partial charge >= 0.3 is 11.9 Å². The van der Waals surface area contributed by atoms with Crippen LogP contribution in [0.2, 0.25) is 0 Å². The molecule has 4 aliphatic carbocycles. The third kappa shape index (κ3) is 7.18. The predicted molar refractivity (Wildman–Crippen MR) is 225 cm³/mol. The highest BCUT2D eigenvalue weighted by molar-refractivity contribution is 6.01. The van der Waals surface area contributed by atoms with Crippen LogP contribution in [0.5, 0.6) is 0 Å². The molecule has 3 aromatic rings. The molecule has 8 rings (SSSR count). The summed E-state index contributed by atoms with van der Waals surface area (Å²) in [6, 6.07) is 14.0. The number of aliphatic hydroxyl groups is 1. The quantitative estimate of drug-likeness (QED) is 0.196. The first-order valence-electron chi connectivity index (χ1n) is 21.2. The number of nitrogens with zero attached hydrogens (tertiary/aromatic N) is 2. The SMILES string of the molecule is CN(C)[C@@H](C(=O)Nc1ccc2cnccc2c1)c1ccc(COC(=O)CCC(=O)OCC(=O)[C@@]23OC(C)(C)O[C@@H]2C[C@H]2[C@@H]4CCC5=CC(=O)C=CC5(C)[C@@]4(F)[C@@H](O)CC23C)cc1. The fourth-order valence-electron chi connectivity index (χ4n) is 11.4. The zero-order chi connectivity index (χ0) is 44.4. The normalized spacial score (nSPS) is 32.2. The summed E-state index contributed by atoms with van der Waals surface area (Å²) in [6.07, 6.45) is 5.99. The van der Waals surface area contributed by atoms with Crippen molar-refractivity contribution in [3.8, 4) is 0 Å². The molecule has 4 fully saturated rings. The number of amides is 1. The Morgan fingerprint density at radius 3 is 2.44 bits per heavy atom. The summed E-state index contributed by atoms with van der Waals surface area (Å²) in [5, 5.41) is 16.7. The van der Waals surface area contributed by atoms with Crippen molar-refractivity contribution in [3.63, 3.8) is 0 Å². The lowest BCUT2D eigenvalue weighted by Gasteiger charge is -2.62. The minimum Gasteiger partial charge on any atom is -0.461 e. The first kappa shape index (κ1) is 43.5. The minimum atomic E-state index is -2.10. The summed E-state index contributed by atoms with van der Waals surface area (Å²) in [6.45, 7) is 6.23. The number of carbonyl (C=O) groups excluding carboxylic acids is 5. The van der Waals surface area contributed by atoms with E-state index in [1.165, 1.54) is 12.2 Å². The molecular formula is C48H54FN3O10. The largest absolute Gasteiger partial charge is 0.461 e. The molecule has 0 bridgehead atoms. The van der Waals surface area contributed by atoms with Crippen LogP contribution >= 0.6 is 0 Å². The van der Waals surface area contributed by atoms with Crippen molar-refractivity contribution in [1.29, 1.82) is 0 Å². The fourth-order valence-corrected chi connectivity index (χ4v) is 11.4. The van der Waals surface area contributed by atoms with Gasteiger partial charge in [0.1, 0.15) is 12.6 Å². The number of alkyl halides is 1. The molecule has 2 heterocycles. The Balaban J connectivity index is 0.857. The van der Waals surface area contributed by atoms with Gasteiger partial charge in [-0.2, -0.15) is 0 Å². The maximum absolute atomic E-state index is 17.7. The molecule has 5 aliphatic rings. The fraction of sp³-hybridized carbons (Fsp3) is 0.500. The van der Waals surface area contributed by atoms with Crippen molar-refractivity contribution in [2.75, 3.05) is 26.0 Å². The van der Waals surface area contributed by atoms with Crippen LogP contribution < -0.4 is 5.32 Å². The molecule has 328 valence electrons. The van der Waals surface area contributed by atoms with Crippen LogP contribution in [0, 0.1) is 22.7 Å². The molecule has 0 spiro atoms. The van der Waals surface area contributed by atoms with Crippen molar-refractivity contribution in [1.82, 2.24) is 9.88 Å². The Bertz CT molecular complexity index is 2380. The second-order valence-electron chi connectivity index (χ2n) is 18.6. The second-order valence-corrected chi connectivity index (χ2v) is 18.6. The summed E-state index contributed by atoms with van der Waals surface area (Å²) in [7, 11) is 3.63. The molecule has 1 aromatic heterocycles. The molecule has 1 saturated heterocycles. The summed E-state index contributed by atoms with van der Waals surface area (Å²) >= 11 is 0. The van der Waals surface area contributed by atoms with E-state index in [1.807, 2.05) is 45.3 Å². The van der Waals surface area contributed by atoms with Crippen LogP contribution in [0.3, 0.4) is 0 Å². The molecule has 9 atom stereocenters. The van der Waals surface area contributed by atoms with Gasteiger partial charge in [0.25, 0.3) is 0 Å². The first-order valence-corrected chi connectivity index (χ1v) is 21.2. The van der Waals surface area contributed by atoms with Gasteiger partial charge in [-0.1, -0.05) is 48.9 Å². The van der Waals surface area contributed by atoms with E-state index in [2.05, 4.69) is 10.3 Å². The highest BCUT2D eigenvalue weighted by atomic mass is 19.1. The topological polar surface area (TPSA) is 171 Å². The average Bonchev–Trinajstić information content (AvgIpc) is 3.64. The lowest BCUT2D eigenvalue weighted by atomic mass is 9.44. The van der Waals surface area contributed by atoms with Gasteiger partial charge in [-0.05, 0) is 113 Å². The number of allylic oxidation sites excluding steroid dienone is 4. The lowest BCUT2D eigenvalue weighted by molar-refractivity contribution is -0.246. The number of benzene rings is 2. The van der Waals surface area contributed by atoms with Crippen molar-refractivity contribution in [3.05, 3.63) is 95.9 Å². The Labute approximate surface area is 360 Å².